The number of carbonyl (C=O) groups excluding carboxylic acids is 2. The first-order valence-corrected chi connectivity index (χ1v) is 7.58. The molecule has 3 amide bonds. The third kappa shape index (κ3) is 5.57. The Bertz CT molecular complexity index is 630. The van der Waals surface area contributed by atoms with E-state index in [4.69, 9.17) is 0 Å². The maximum atomic E-state index is 11.7. The lowest BCUT2D eigenvalue weighted by Crippen LogP contribution is -2.31. The summed E-state index contributed by atoms with van der Waals surface area (Å²) in [5, 5.41) is 8.09. The molecule has 0 aliphatic carbocycles. The fourth-order valence-electron chi connectivity index (χ4n) is 1.74. The lowest BCUT2D eigenvalue weighted by molar-refractivity contribution is -0.116. The van der Waals surface area contributed by atoms with Gasteiger partial charge in [0.05, 0.1) is 0 Å². The first kappa shape index (κ1) is 16.0. The van der Waals surface area contributed by atoms with Crippen LogP contribution in [0.1, 0.15) is 6.42 Å². The van der Waals surface area contributed by atoms with Gasteiger partial charge in [0.2, 0.25) is 5.91 Å². The molecule has 0 spiro atoms. The molecular formula is C16H16BrN3O2. The van der Waals surface area contributed by atoms with Crippen molar-refractivity contribution in [3.05, 3.63) is 59.1 Å². The van der Waals surface area contributed by atoms with Gasteiger partial charge in [-0.3, -0.25) is 4.79 Å². The van der Waals surface area contributed by atoms with Gasteiger partial charge in [-0.25, -0.2) is 4.79 Å². The van der Waals surface area contributed by atoms with Crippen LogP contribution in [0, 0.1) is 0 Å². The zero-order chi connectivity index (χ0) is 15.8. The second-order valence-electron chi connectivity index (χ2n) is 4.55. The van der Waals surface area contributed by atoms with Gasteiger partial charge in [-0.2, -0.15) is 0 Å². The minimum absolute atomic E-state index is 0.143. The van der Waals surface area contributed by atoms with Gasteiger partial charge >= 0.3 is 6.03 Å². The van der Waals surface area contributed by atoms with Gasteiger partial charge in [0.15, 0.2) is 0 Å². The average molecular weight is 362 g/mol. The Morgan fingerprint density at radius 1 is 0.864 bits per heavy atom. The number of anilines is 2. The topological polar surface area (TPSA) is 70.2 Å². The Hall–Kier alpha value is -2.34. The van der Waals surface area contributed by atoms with Crippen molar-refractivity contribution in [2.45, 2.75) is 6.42 Å². The maximum Gasteiger partial charge on any atom is 0.319 e. The van der Waals surface area contributed by atoms with Gasteiger partial charge in [0.25, 0.3) is 0 Å². The van der Waals surface area contributed by atoms with Crippen molar-refractivity contribution in [3.63, 3.8) is 0 Å². The van der Waals surface area contributed by atoms with Crippen molar-refractivity contribution in [2.24, 2.45) is 0 Å². The number of benzene rings is 2. The molecule has 0 aliphatic rings. The Balaban J connectivity index is 1.68. The van der Waals surface area contributed by atoms with Crippen LogP contribution in [0.4, 0.5) is 16.2 Å². The Morgan fingerprint density at radius 3 is 2.18 bits per heavy atom. The highest BCUT2D eigenvalue weighted by atomic mass is 79.9. The maximum absolute atomic E-state index is 11.7. The van der Waals surface area contributed by atoms with Crippen LogP contribution in [0.25, 0.3) is 0 Å². The number of para-hydroxylation sites is 1. The van der Waals surface area contributed by atoms with Crippen LogP contribution >= 0.6 is 15.9 Å². The fourth-order valence-corrected chi connectivity index (χ4v) is 2.01. The number of nitrogens with one attached hydrogen (secondary N) is 3. The summed E-state index contributed by atoms with van der Waals surface area (Å²) in [6, 6.07) is 16.1. The van der Waals surface area contributed by atoms with Crippen molar-refractivity contribution >= 4 is 39.2 Å². The molecule has 0 aromatic heterocycles. The van der Waals surface area contributed by atoms with Gasteiger partial charge in [-0.1, -0.05) is 34.1 Å². The number of hydrogen-bond acceptors (Lipinski definition) is 2. The first-order chi connectivity index (χ1) is 10.6. The Labute approximate surface area is 137 Å². The van der Waals surface area contributed by atoms with Crippen LogP contribution in [-0.2, 0) is 4.79 Å². The van der Waals surface area contributed by atoms with E-state index in [2.05, 4.69) is 31.9 Å². The second kappa shape index (κ2) is 8.19. The fraction of sp³-hybridized carbons (Fsp3) is 0.125. The summed E-state index contributed by atoms with van der Waals surface area (Å²) in [7, 11) is 0. The average Bonchev–Trinajstić information content (AvgIpc) is 2.50. The van der Waals surface area contributed by atoms with Crippen LogP contribution in [0.2, 0.25) is 0 Å². The molecule has 0 heterocycles. The van der Waals surface area contributed by atoms with Gasteiger partial charge in [0, 0.05) is 28.8 Å². The molecule has 5 nitrogen and oxygen atoms in total. The summed E-state index contributed by atoms with van der Waals surface area (Å²) >= 11 is 3.32. The van der Waals surface area contributed by atoms with E-state index in [0.717, 1.165) is 10.2 Å². The molecule has 0 atom stereocenters. The number of urea groups is 1. The van der Waals surface area contributed by atoms with Crippen molar-refractivity contribution in [2.75, 3.05) is 17.2 Å². The van der Waals surface area contributed by atoms with Gasteiger partial charge in [-0.15, -0.1) is 0 Å². The highest BCUT2D eigenvalue weighted by molar-refractivity contribution is 9.10. The van der Waals surface area contributed by atoms with Crippen molar-refractivity contribution in [1.82, 2.24) is 5.32 Å². The third-order valence-electron chi connectivity index (χ3n) is 2.80. The smallest absolute Gasteiger partial charge is 0.319 e. The number of halogens is 1. The molecule has 2 rings (SSSR count). The highest BCUT2D eigenvalue weighted by Crippen LogP contribution is 2.13. The molecule has 0 bridgehead atoms. The van der Waals surface area contributed by atoms with Gasteiger partial charge in [0.1, 0.15) is 0 Å². The van der Waals surface area contributed by atoms with E-state index in [1.54, 1.807) is 12.1 Å². The van der Waals surface area contributed by atoms with E-state index in [0.29, 0.717) is 5.69 Å². The quantitative estimate of drug-likeness (QED) is 0.761. The summed E-state index contributed by atoms with van der Waals surface area (Å²) in [5.41, 5.74) is 1.43. The second-order valence-corrected chi connectivity index (χ2v) is 5.47. The molecule has 2 aromatic rings. The molecule has 22 heavy (non-hydrogen) atoms. The van der Waals surface area contributed by atoms with E-state index in [1.165, 1.54) is 0 Å². The third-order valence-corrected chi connectivity index (χ3v) is 3.33. The molecule has 3 N–H and O–H groups in total. The predicted octanol–water partition coefficient (Wildman–Crippen LogP) is 3.60. The standard InChI is InChI=1S/C16H16BrN3O2/c17-12-6-8-14(9-7-12)20-16(22)18-11-10-15(21)19-13-4-2-1-3-5-13/h1-9H,10-11H2,(H,19,21)(H2,18,20,22). The predicted molar refractivity (Wildman–Crippen MR) is 90.9 cm³/mol. The number of carbonyl (C=O) groups is 2. The van der Waals surface area contributed by atoms with E-state index in [1.807, 2.05) is 42.5 Å². The molecule has 114 valence electrons. The molecule has 0 unspecified atom stereocenters. The molecule has 0 radical (unpaired) electrons. The number of rotatable bonds is 5. The normalized spacial score (nSPS) is 9.86. The summed E-state index contributed by atoms with van der Waals surface area (Å²) in [5.74, 6) is -0.143. The van der Waals surface area contributed by atoms with Crippen molar-refractivity contribution in [1.29, 1.82) is 0 Å². The number of amides is 3. The molecular weight excluding hydrogens is 346 g/mol. The van der Waals surface area contributed by atoms with E-state index in [-0.39, 0.29) is 24.9 Å². The SMILES string of the molecule is O=C(CCNC(=O)Nc1ccc(Br)cc1)Nc1ccccc1. The Kier molecular flexibility index (Phi) is 5.97. The summed E-state index contributed by atoms with van der Waals surface area (Å²) in [6.45, 7) is 0.265. The first-order valence-electron chi connectivity index (χ1n) is 6.79. The zero-order valence-electron chi connectivity index (χ0n) is 11.8. The zero-order valence-corrected chi connectivity index (χ0v) is 13.4. The van der Waals surface area contributed by atoms with E-state index in [9.17, 15) is 9.59 Å². The Morgan fingerprint density at radius 2 is 1.50 bits per heavy atom. The number of hydrogen-bond donors (Lipinski definition) is 3. The van der Waals surface area contributed by atoms with E-state index >= 15 is 0 Å². The van der Waals surface area contributed by atoms with Crippen molar-refractivity contribution in [3.8, 4) is 0 Å². The monoisotopic (exact) mass is 361 g/mol. The molecule has 0 aliphatic heterocycles. The lowest BCUT2D eigenvalue weighted by atomic mass is 10.3. The van der Waals surface area contributed by atoms with Crippen LogP contribution in [-0.4, -0.2) is 18.5 Å². The van der Waals surface area contributed by atoms with Crippen LogP contribution in [0.5, 0.6) is 0 Å². The van der Waals surface area contributed by atoms with Crippen molar-refractivity contribution < 1.29 is 9.59 Å². The summed E-state index contributed by atoms with van der Waals surface area (Å²) in [6.07, 6.45) is 0.211. The van der Waals surface area contributed by atoms with Crippen LogP contribution in [0.15, 0.2) is 59.1 Å². The van der Waals surface area contributed by atoms with Gasteiger partial charge in [-0.05, 0) is 36.4 Å². The minimum atomic E-state index is -0.338. The molecule has 2 aromatic carbocycles. The highest BCUT2D eigenvalue weighted by Gasteiger charge is 2.04. The van der Waals surface area contributed by atoms with Crippen LogP contribution < -0.4 is 16.0 Å². The molecule has 0 saturated heterocycles. The minimum Gasteiger partial charge on any atom is -0.337 e. The molecule has 6 heteroatoms. The summed E-state index contributed by atoms with van der Waals surface area (Å²) in [4.78, 5) is 23.4. The largest absolute Gasteiger partial charge is 0.337 e. The van der Waals surface area contributed by atoms with Gasteiger partial charge < -0.3 is 16.0 Å². The molecule has 0 saturated carbocycles. The lowest BCUT2D eigenvalue weighted by Gasteiger charge is -2.08. The van der Waals surface area contributed by atoms with Crippen LogP contribution in [0.3, 0.4) is 0 Å². The summed E-state index contributed by atoms with van der Waals surface area (Å²) < 4.78 is 0.941. The van der Waals surface area contributed by atoms with E-state index < -0.39 is 0 Å². The molecule has 0 fully saturated rings.